The summed E-state index contributed by atoms with van der Waals surface area (Å²) in [5.41, 5.74) is 14.4. The van der Waals surface area contributed by atoms with Gasteiger partial charge in [-0.3, -0.25) is 4.98 Å². The lowest BCUT2D eigenvalue weighted by Crippen LogP contribution is -2.44. The monoisotopic (exact) mass is 465 g/mol. The summed E-state index contributed by atoms with van der Waals surface area (Å²) < 4.78 is 1.96. The summed E-state index contributed by atoms with van der Waals surface area (Å²) in [5.74, 6) is 0.972. The van der Waals surface area contributed by atoms with Gasteiger partial charge in [0.1, 0.15) is 5.52 Å². The van der Waals surface area contributed by atoms with Crippen molar-refractivity contribution in [2.24, 2.45) is 11.1 Å². The number of piperidine rings is 1. The van der Waals surface area contributed by atoms with E-state index in [0.29, 0.717) is 5.02 Å². The van der Waals surface area contributed by atoms with Crippen molar-refractivity contribution in [3.8, 4) is 11.3 Å². The quantitative estimate of drug-likeness (QED) is 0.473. The Hall–Kier alpha value is -2.55. The van der Waals surface area contributed by atoms with E-state index in [1.54, 1.807) is 17.5 Å². The Kier molecular flexibility index (Phi) is 4.54. The van der Waals surface area contributed by atoms with Gasteiger partial charge >= 0.3 is 0 Å². The van der Waals surface area contributed by atoms with Crippen molar-refractivity contribution in [3.63, 3.8) is 0 Å². The number of nitrogens with zero attached hydrogens (tertiary/aromatic N) is 6. The van der Waals surface area contributed by atoms with E-state index in [1.165, 1.54) is 10.6 Å². The minimum absolute atomic E-state index is 0.0938. The Balaban J connectivity index is 1.35. The molecular weight excluding hydrogens is 442 g/mol. The fraction of sp³-hybridized carbons (Fsp3) is 0.391. The summed E-state index contributed by atoms with van der Waals surface area (Å²) in [4.78, 5) is 17.6. The maximum Gasteiger partial charge on any atom is 0.155 e. The van der Waals surface area contributed by atoms with E-state index >= 15 is 0 Å². The fourth-order valence-corrected chi connectivity index (χ4v) is 6.54. The zero-order valence-electron chi connectivity index (χ0n) is 18.0. The van der Waals surface area contributed by atoms with Gasteiger partial charge in [-0.25, -0.2) is 14.5 Å². The molecule has 5 heterocycles. The number of pyridine rings is 1. The molecule has 0 aromatic carbocycles. The number of hydrogen-bond donors (Lipinski definition) is 1. The van der Waals surface area contributed by atoms with Crippen LogP contribution in [-0.4, -0.2) is 37.7 Å². The molecule has 1 atom stereocenters. The van der Waals surface area contributed by atoms with E-state index in [4.69, 9.17) is 22.3 Å². The molecule has 1 aliphatic carbocycles. The molecule has 6 rings (SSSR count). The Morgan fingerprint density at radius 1 is 1.12 bits per heavy atom. The summed E-state index contributed by atoms with van der Waals surface area (Å²) >= 11 is 8.31. The highest BCUT2D eigenvalue weighted by molar-refractivity contribution is 7.09. The highest BCUT2D eigenvalue weighted by Gasteiger charge is 2.47. The van der Waals surface area contributed by atoms with Gasteiger partial charge in [-0.2, -0.15) is 5.10 Å². The lowest BCUT2D eigenvalue weighted by Gasteiger charge is -2.42. The lowest BCUT2D eigenvalue weighted by molar-refractivity contribution is 0.187. The van der Waals surface area contributed by atoms with Gasteiger partial charge in [-0.05, 0) is 50.7 Å². The van der Waals surface area contributed by atoms with Crippen molar-refractivity contribution in [1.82, 2.24) is 24.6 Å². The first-order valence-corrected chi connectivity index (χ1v) is 12.1. The van der Waals surface area contributed by atoms with Crippen LogP contribution >= 0.6 is 22.9 Å². The Bertz CT molecular complexity index is 1340. The average Bonchev–Trinajstić information content (AvgIpc) is 3.50. The van der Waals surface area contributed by atoms with Gasteiger partial charge in [-0.1, -0.05) is 11.6 Å². The van der Waals surface area contributed by atoms with Crippen LogP contribution in [0.3, 0.4) is 0 Å². The predicted molar refractivity (Wildman–Crippen MR) is 127 cm³/mol. The summed E-state index contributed by atoms with van der Waals surface area (Å²) in [6, 6.07) is 4.05. The molecular formula is C23H24ClN7S. The Morgan fingerprint density at radius 3 is 2.72 bits per heavy atom. The van der Waals surface area contributed by atoms with Crippen LogP contribution < -0.4 is 10.6 Å². The van der Waals surface area contributed by atoms with Gasteiger partial charge in [0.2, 0.25) is 0 Å². The van der Waals surface area contributed by atoms with Crippen molar-refractivity contribution in [1.29, 1.82) is 0 Å². The van der Waals surface area contributed by atoms with Crippen LogP contribution in [0.15, 0.2) is 30.0 Å². The molecule has 4 aromatic rings. The van der Waals surface area contributed by atoms with E-state index in [0.717, 1.165) is 66.3 Å². The van der Waals surface area contributed by atoms with E-state index in [-0.39, 0.29) is 11.5 Å². The lowest BCUT2D eigenvalue weighted by atomic mass is 9.74. The third-order valence-electron chi connectivity index (χ3n) is 7.21. The molecule has 1 fully saturated rings. The molecule has 164 valence electrons. The van der Waals surface area contributed by atoms with Crippen molar-refractivity contribution in [3.05, 3.63) is 57.0 Å². The maximum atomic E-state index is 6.70. The second kappa shape index (κ2) is 7.23. The molecule has 2 aliphatic rings. The molecule has 7 nitrogen and oxygen atoms in total. The van der Waals surface area contributed by atoms with Crippen LogP contribution in [0.1, 0.15) is 40.8 Å². The average molecular weight is 466 g/mol. The zero-order chi connectivity index (χ0) is 22.0. The maximum absolute atomic E-state index is 6.70. The summed E-state index contributed by atoms with van der Waals surface area (Å²) in [5, 5.41) is 5.27. The smallest absolute Gasteiger partial charge is 0.155 e. The summed E-state index contributed by atoms with van der Waals surface area (Å²) in [6.07, 6.45) is 6.67. The highest BCUT2D eigenvalue weighted by atomic mass is 35.5. The molecule has 1 aliphatic heterocycles. The van der Waals surface area contributed by atoms with E-state index < -0.39 is 0 Å². The minimum atomic E-state index is 0.0938. The number of thiazole rings is 1. The van der Waals surface area contributed by atoms with Crippen LogP contribution in [0.2, 0.25) is 5.02 Å². The van der Waals surface area contributed by atoms with Gasteiger partial charge < -0.3 is 10.6 Å². The number of hydrogen-bond acceptors (Lipinski definition) is 7. The third kappa shape index (κ3) is 2.82. The van der Waals surface area contributed by atoms with Crippen molar-refractivity contribution in [2.75, 3.05) is 18.0 Å². The van der Waals surface area contributed by atoms with Crippen molar-refractivity contribution >= 4 is 34.3 Å². The van der Waals surface area contributed by atoms with Gasteiger partial charge in [-0.15, -0.1) is 11.3 Å². The second-order valence-electron chi connectivity index (χ2n) is 8.92. The number of anilines is 1. The SMILES string of the molecule is Cc1nccc(-c2c(C)nc(N3CCC4(CC3)Cc3ncsc3[C@H]4N)c3ccnn23)c1Cl. The number of rotatable bonds is 2. The first-order valence-electron chi connectivity index (χ1n) is 10.9. The molecule has 0 bridgehead atoms. The van der Waals surface area contributed by atoms with E-state index in [9.17, 15) is 0 Å². The first-order chi connectivity index (χ1) is 15.5. The predicted octanol–water partition coefficient (Wildman–Crippen LogP) is 4.36. The number of aryl methyl sites for hydroxylation is 2. The molecule has 0 amide bonds. The largest absolute Gasteiger partial charge is 0.355 e. The number of halogens is 1. The molecule has 32 heavy (non-hydrogen) atoms. The summed E-state index contributed by atoms with van der Waals surface area (Å²) in [6.45, 7) is 5.78. The van der Waals surface area contributed by atoms with Crippen LogP contribution in [0, 0.1) is 19.3 Å². The van der Waals surface area contributed by atoms with Crippen LogP contribution in [-0.2, 0) is 6.42 Å². The fourth-order valence-electron chi connectivity index (χ4n) is 5.38. The number of aromatic nitrogens is 5. The molecule has 4 aromatic heterocycles. The Labute approximate surface area is 195 Å². The topological polar surface area (TPSA) is 85.2 Å². The van der Waals surface area contributed by atoms with Crippen LogP contribution in [0.25, 0.3) is 16.8 Å². The standard InChI is InChI=1S/C23H24ClN7S/c1-13-18(24)15(3-7-26-13)19-14(2)29-22(17-4-8-28-31(17)19)30-9-5-23(6-10-30)11-16-20(21(23)25)32-12-27-16/h3-4,7-8,12,21H,5-6,9-11,25H2,1-2H3/t21-/m1/s1. The second-order valence-corrected chi connectivity index (χ2v) is 10.2. The van der Waals surface area contributed by atoms with Gasteiger partial charge in [0.15, 0.2) is 5.82 Å². The number of fused-ring (bicyclic) bond motifs is 2. The molecule has 1 saturated heterocycles. The van der Waals surface area contributed by atoms with Gasteiger partial charge in [0.05, 0.1) is 39.5 Å². The normalized spacial score (nSPS) is 19.8. The van der Waals surface area contributed by atoms with E-state index in [2.05, 4.69) is 20.0 Å². The molecule has 1 spiro atoms. The molecule has 9 heteroatoms. The van der Waals surface area contributed by atoms with Gasteiger partial charge in [0.25, 0.3) is 0 Å². The highest BCUT2D eigenvalue weighted by Crippen LogP contribution is 2.52. The van der Waals surface area contributed by atoms with Crippen LogP contribution in [0.4, 0.5) is 5.82 Å². The first kappa shape index (κ1) is 20.1. The van der Waals surface area contributed by atoms with Gasteiger partial charge in [0, 0.05) is 35.8 Å². The van der Waals surface area contributed by atoms with E-state index in [1.807, 2.05) is 42.2 Å². The van der Waals surface area contributed by atoms with Crippen molar-refractivity contribution < 1.29 is 0 Å². The molecule has 0 unspecified atom stereocenters. The molecule has 0 radical (unpaired) electrons. The molecule has 2 N–H and O–H groups in total. The number of nitrogens with two attached hydrogens (primary N) is 1. The van der Waals surface area contributed by atoms with Crippen LogP contribution in [0.5, 0.6) is 0 Å². The molecule has 0 saturated carbocycles. The minimum Gasteiger partial charge on any atom is -0.355 e. The Morgan fingerprint density at radius 2 is 1.94 bits per heavy atom. The third-order valence-corrected chi connectivity index (χ3v) is 8.64. The van der Waals surface area contributed by atoms with Crippen molar-refractivity contribution in [2.45, 2.75) is 39.2 Å². The zero-order valence-corrected chi connectivity index (χ0v) is 19.6. The summed E-state index contributed by atoms with van der Waals surface area (Å²) in [7, 11) is 0.